The van der Waals surface area contributed by atoms with Crippen LogP contribution in [0.15, 0.2) is 0 Å². The summed E-state index contributed by atoms with van der Waals surface area (Å²) in [6, 6.07) is -2.72. The summed E-state index contributed by atoms with van der Waals surface area (Å²) in [5, 5.41) is 14.2. The van der Waals surface area contributed by atoms with Gasteiger partial charge in [-0.1, -0.05) is 0 Å². The number of carboxylic acid groups (broad SMARTS) is 1. The number of carboxylic acids is 1. The summed E-state index contributed by atoms with van der Waals surface area (Å²) in [4.78, 5) is 35.7. The van der Waals surface area contributed by atoms with E-state index in [1.54, 1.807) is 0 Å². The molecule has 0 heterocycles. The first-order valence-corrected chi connectivity index (χ1v) is 8.56. The smallest absolute Gasteiger partial charge is 0.326 e. The molecule has 0 fully saturated rings. The van der Waals surface area contributed by atoms with Crippen LogP contribution < -0.4 is 33.6 Å². The van der Waals surface area contributed by atoms with E-state index in [0.29, 0.717) is 51.7 Å². The Bertz CT molecular complexity index is 427. The van der Waals surface area contributed by atoms with Crippen molar-refractivity contribution in [1.82, 2.24) is 10.6 Å². The molecule has 26 heavy (non-hydrogen) atoms. The Morgan fingerprint density at radius 1 is 0.769 bits per heavy atom. The molecule has 3 atom stereocenters. The number of halogens is 1. The molecule has 11 heteroatoms. The van der Waals surface area contributed by atoms with Gasteiger partial charge in [0.25, 0.3) is 0 Å². The largest absolute Gasteiger partial charge is 0.480 e. The van der Waals surface area contributed by atoms with Gasteiger partial charge in [0.1, 0.15) is 12.1 Å². The van der Waals surface area contributed by atoms with Crippen molar-refractivity contribution in [3.63, 3.8) is 0 Å². The Labute approximate surface area is 160 Å². The molecule has 0 spiro atoms. The van der Waals surface area contributed by atoms with Crippen LogP contribution in [0.2, 0.25) is 0 Å². The van der Waals surface area contributed by atoms with E-state index < -0.39 is 35.9 Å². The number of rotatable bonds is 14. The van der Waals surface area contributed by atoms with Crippen LogP contribution in [0.1, 0.15) is 38.5 Å². The third kappa shape index (κ3) is 11.2. The SMILES string of the molecule is Cl.NCCCC(N)C(=O)NC(CCCN)C(=O)NC(CCCN)C(=O)O. The van der Waals surface area contributed by atoms with Crippen molar-refractivity contribution in [3.05, 3.63) is 0 Å². The van der Waals surface area contributed by atoms with Gasteiger partial charge in [-0.05, 0) is 58.2 Å². The molecule has 0 saturated heterocycles. The van der Waals surface area contributed by atoms with Crippen LogP contribution >= 0.6 is 12.4 Å². The fourth-order valence-corrected chi connectivity index (χ4v) is 2.19. The summed E-state index contributed by atoms with van der Waals surface area (Å²) >= 11 is 0. The van der Waals surface area contributed by atoms with E-state index in [9.17, 15) is 19.5 Å². The first-order valence-electron chi connectivity index (χ1n) is 8.56. The minimum Gasteiger partial charge on any atom is -0.480 e. The highest BCUT2D eigenvalue weighted by Gasteiger charge is 2.27. The maximum absolute atomic E-state index is 12.4. The van der Waals surface area contributed by atoms with E-state index in [1.165, 1.54) is 0 Å². The Balaban J connectivity index is 0. The van der Waals surface area contributed by atoms with Crippen molar-refractivity contribution >= 4 is 30.2 Å². The minimum absolute atomic E-state index is 0. The Morgan fingerprint density at radius 3 is 1.65 bits per heavy atom. The molecule has 0 aromatic carbocycles. The van der Waals surface area contributed by atoms with Gasteiger partial charge < -0.3 is 38.7 Å². The summed E-state index contributed by atoms with van der Waals surface area (Å²) < 4.78 is 0. The molecule has 0 saturated carbocycles. The molecule has 0 aliphatic heterocycles. The highest BCUT2D eigenvalue weighted by molar-refractivity contribution is 5.91. The number of nitrogens with one attached hydrogen (secondary N) is 2. The zero-order valence-corrected chi connectivity index (χ0v) is 15.8. The second-order valence-electron chi connectivity index (χ2n) is 5.86. The standard InChI is InChI=1S/C15H32N6O4.ClH/c16-7-1-4-10(19)13(22)20-11(5-2-8-17)14(23)21-12(15(24)25)6-3-9-18;/h10-12H,1-9,16-19H2,(H,20,22)(H,21,23)(H,24,25);1H. The molecule has 10 nitrogen and oxygen atoms in total. The van der Waals surface area contributed by atoms with Gasteiger partial charge in [-0.2, -0.15) is 0 Å². The Hall–Kier alpha value is -1.46. The molecule has 0 aliphatic rings. The number of carbonyl (C=O) groups is 3. The molecule has 0 aliphatic carbocycles. The van der Waals surface area contributed by atoms with E-state index in [0.717, 1.165) is 0 Å². The van der Waals surface area contributed by atoms with Gasteiger partial charge in [0.05, 0.1) is 6.04 Å². The molecule has 154 valence electrons. The van der Waals surface area contributed by atoms with Crippen molar-refractivity contribution in [2.45, 2.75) is 56.7 Å². The number of carbonyl (C=O) groups excluding carboxylic acids is 2. The highest BCUT2D eigenvalue weighted by Crippen LogP contribution is 2.03. The van der Waals surface area contributed by atoms with Gasteiger partial charge in [-0.25, -0.2) is 4.79 Å². The van der Waals surface area contributed by atoms with E-state index >= 15 is 0 Å². The van der Waals surface area contributed by atoms with Gasteiger partial charge in [0.15, 0.2) is 0 Å². The molecular weight excluding hydrogens is 364 g/mol. The summed E-state index contributed by atoms with van der Waals surface area (Å²) in [7, 11) is 0. The molecular formula is C15H33ClN6O4. The van der Waals surface area contributed by atoms with Gasteiger partial charge in [0, 0.05) is 0 Å². The number of amides is 2. The summed E-state index contributed by atoms with van der Waals surface area (Å²) in [6.45, 7) is 1.08. The molecule has 3 unspecified atom stereocenters. The van der Waals surface area contributed by atoms with Crippen molar-refractivity contribution in [1.29, 1.82) is 0 Å². The quantitative estimate of drug-likeness (QED) is 0.175. The predicted octanol–water partition coefficient (Wildman–Crippen LogP) is -1.99. The lowest BCUT2D eigenvalue weighted by atomic mass is 10.1. The number of hydrogen-bond acceptors (Lipinski definition) is 7. The highest BCUT2D eigenvalue weighted by atomic mass is 35.5. The average molecular weight is 397 g/mol. The second-order valence-corrected chi connectivity index (χ2v) is 5.86. The van der Waals surface area contributed by atoms with Gasteiger partial charge in [-0.15, -0.1) is 12.4 Å². The zero-order chi connectivity index (χ0) is 19.2. The van der Waals surface area contributed by atoms with Gasteiger partial charge in [0.2, 0.25) is 11.8 Å². The molecule has 0 radical (unpaired) electrons. The summed E-state index contributed by atoms with van der Waals surface area (Å²) in [5.74, 6) is -2.19. The number of hydrogen-bond donors (Lipinski definition) is 7. The third-order valence-electron chi connectivity index (χ3n) is 3.70. The van der Waals surface area contributed by atoms with E-state index in [1.807, 2.05) is 0 Å². The maximum atomic E-state index is 12.4. The third-order valence-corrected chi connectivity index (χ3v) is 3.70. The van der Waals surface area contributed by atoms with Crippen LogP contribution in [0.5, 0.6) is 0 Å². The first kappa shape index (κ1) is 26.8. The summed E-state index contributed by atoms with van der Waals surface area (Å²) in [6.07, 6.45) is 2.46. The van der Waals surface area contributed by atoms with E-state index in [-0.39, 0.29) is 18.8 Å². The van der Waals surface area contributed by atoms with E-state index in [4.69, 9.17) is 22.9 Å². The average Bonchev–Trinajstić information content (AvgIpc) is 2.59. The van der Waals surface area contributed by atoms with Crippen molar-refractivity contribution in [2.24, 2.45) is 22.9 Å². The molecule has 0 aromatic heterocycles. The molecule has 2 amide bonds. The number of aliphatic carboxylic acids is 1. The monoisotopic (exact) mass is 396 g/mol. The first-order chi connectivity index (χ1) is 11.9. The lowest BCUT2D eigenvalue weighted by Crippen LogP contribution is -2.54. The Kier molecular flexibility index (Phi) is 16.2. The van der Waals surface area contributed by atoms with Crippen LogP contribution in [0.3, 0.4) is 0 Å². The zero-order valence-electron chi connectivity index (χ0n) is 15.0. The normalized spacial score (nSPS) is 13.8. The van der Waals surface area contributed by atoms with Gasteiger partial charge in [-0.3, -0.25) is 9.59 Å². The van der Waals surface area contributed by atoms with Crippen LogP contribution in [0.25, 0.3) is 0 Å². The lowest BCUT2D eigenvalue weighted by molar-refractivity contribution is -0.142. The van der Waals surface area contributed by atoms with Crippen molar-refractivity contribution in [2.75, 3.05) is 19.6 Å². The van der Waals surface area contributed by atoms with Crippen molar-refractivity contribution in [3.8, 4) is 0 Å². The Morgan fingerprint density at radius 2 is 1.19 bits per heavy atom. The number of nitrogens with two attached hydrogens (primary N) is 4. The van der Waals surface area contributed by atoms with Gasteiger partial charge >= 0.3 is 5.97 Å². The van der Waals surface area contributed by atoms with Crippen LogP contribution in [-0.2, 0) is 14.4 Å². The van der Waals surface area contributed by atoms with Crippen LogP contribution in [-0.4, -0.2) is 60.6 Å². The van der Waals surface area contributed by atoms with E-state index in [2.05, 4.69) is 10.6 Å². The molecule has 11 N–H and O–H groups in total. The molecule has 0 aromatic rings. The van der Waals surface area contributed by atoms with Crippen LogP contribution in [0.4, 0.5) is 0 Å². The fraction of sp³-hybridized carbons (Fsp3) is 0.800. The molecule has 0 rings (SSSR count). The lowest BCUT2D eigenvalue weighted by Gasteiger charge is -2.22. The second kappa shape index (κ2) is 15.8. The van der Waals surface area contributed by atoms with Crippen LogP contribution in [0, 0.1) is 0 Å². The summed E-state index contributed by atoms with van der Waals surface area (Å²) in [5.41, 5.74) is 22.0. The van der Waals surface area contributed by atoms with Crippen molar-refractivity contribution < 1.29 is 19.5 Å². The fourth-order valence-electron chi connectivity index (χ4n) is 2.19. The topological polar surface area (TPSA) is 200 Å². The maximum Gasteiger partial charge on any atom is 0.326 e. The molecule has 0 bridgehead atoms. The predicted molar refractivity (Wildman–Crippen MR) is 102 cm³/mol. The minimum atomic E-state index is -1.15.